The minimum atomic E-state index is -0.975. The normalized spacial score (nSPS) is 15.4. The summed E-state index contributed by atoms with van der Waals surface area (Å²) in [6.07, 6.45) is 1.64. The number of benzodiazepines with no additional fused rings is 1. The highest BCUT2D eigenvalue weighted by atomic mass is 35.5. The van der Waals surface area contributed by atoms with Gasteiger partial charge in [-0.3, -0.25) is 14.0 Å². The number of benzene rings is 2. The molecule has 1 heterocycles. The number of hydrogen-bond acceptors (Lipinski definition) is 3. The molecule has 3 rings (SSSR count). The molecule has 2 aromatic carbocycles. The smallest absolute Gasteiger partial charge is 0.248 e. The first-order valence-corrected chi connectivity index (χ1v) is 10.1. The average Bonchev–Trinajstić information content (AvgIpc) is 2.70. The van der Waals surface area contributed by atoms with Crippen LogP contribution in [0.4, 0.5) is 5.69 Å². The molecule has 1 unspecified atom stereocenters. The lowest BCUT2D eigenvalue weighted by Crippen LogP contribution is -2.35. The maximum atomic E-state index is 12.6. The molecule has 1 atom stereocenters. The van der Waals surface area contributed by atoms with Crippen LogP contribution >= 0.6 is 11.6 Å². The maximum Gasteiger partial charge on any atom is 0.248 e. The molecule has 1 amide bonds. The summed E-state index contributed by atoms with van der Waals surface area (Å²) >= 11 is 6.23. The summed E-state index contributed by atoms with van der Waals surface area (Å²) < 4.78 is 11.5. The Kier molecular flexibility index (Phi) is 5.35. The molecule has 2 aromatic rings. The van der Waals surface area contributed by atoms with Gasteiger partial charge in [0.15, 0.2) is 0 Å². The zero-order chi connectivity index (χ0) is 18.0. The highest BCUT2D eigenvalue weighted by molar-refractivity contribution is 7.84. The topological polar surface area (TPSA) is 49.7 Å². The predicted octanol–water partition coefficient (Wildman–Crippen LogP) is 3.21. The number of aryl methyl sites for hydroxylation is 1. The number of fused-ring (bicyclic) bond motifs is 1. The molecule has 0 saturated carbocycles. The first-order chi connectivity index (χ1) is 12.0. The molecule has 130 valence electrons. The molecule has 0 bridgehead atoms. The molecular weight excluding hydrogens is 356 g/mol. The van der Waals surface area contributed by atoms with E-state index in [9.17, 15) is 9.00 Å². The van der Waals surface area contributed by atoms with Gasteiger partial charge in [-0.25, -0.2) is 0 Å². The summed E-state index contributed by atoms with van der Waals surface area (Å²) in [4.78, 5) is 18.9. The number of halogens is 1. The van der Waals surface area contributed by atoms with Crippen molar-refractivity contribution in [2.45, 2.75) is 6.92 Å². The molecule has 0 saturated heterocycles. The summed E-state index contributed by atoms with van der Waals surface area (Å²) in [7, 11) is -0.975. The monoisotopic (exact) mass is 374 g/mol. The van der Waals surface area contributed by atoms with Crippen molar-refractivity contribution in [2.75, 3.05) is 30.0 Å². The van der Waals surface area contributed by atoms with Crippen molar-refractivity contribution in [1.82, 2.24) is 0 Å². The molecule has 0 aliphatic carbocycles. The van der Waals surface area contributed by atoms with Crippen molar-refractivity contribution >= 4 is 39.7 Å². The van der Waals surface area contributed by atoms with Crippen molar-refractivity contribution in [3.8, 4) is 0 Å². The van der Waals surface area contributed by atoms with Gasteiger partial charge in [0.2, 0.25) is 5.91 Å². The molecule has 0 N–H and O–H groups in total. The number of nitrogens with zero attached hydrogens (tertiary/aromatic N) is 2. The van der Waals surface area contributed by atoms with Crippen molar-refractivity contribution in [2.24, 2.45) is 4.99 Å². The Bertz CT molecular complexity index is 879. The van der Waals surface area contributed by atoms with Crippen molar-refractivity contribution in [3.05, 3.63) is 64.2 Å². The van der Waals surface area contributed by atoms with Gasteiger partial charge in [0, 0.05) is 45.5 Å². The molecule has 0 fully saturated rings. The van der Waals surface area contributed by atoms with Gasteiger partial charge in [-0.1, -0.05) is 35.9 Å². The van der Waals surface area contributed by atoms with Gasteiger partial charge in [0.25, 0.3) is 0 Å². The third-order valence-corrected chi connectivity index (χ3v) is 5.17. The molecule has 1 aliphatic rings. The van der Waals surface area contributed by atoms with Gasteiger partial charge in [-0.2, -0.15) is 0 Å². The van der Waals surface area contributed by atoms with Crippen LogP contribution in [0.3, 0.4) is 0 Å². The summed E-state index contributed by atoms with van der Waals surface area (Å²) in [6.45, 7) is 2.48. The van der Waals surface area contributed by atoms with Crippen LogP contribution in [0.1, 0.15) is 16.7 Å². The molecule has 0 spiro atoms. The molecule has 4 nitrogen and oxygen atoms in total. The Morgan fingerprint density at radius 3 is 2.68 bits per heavy atom. The highest BCUT2D eigenvalue weighted by Gasteiger charge is 2.25. The summed E-state index contributed by atoms with van der Waals surface area (Å²) in [5, 5.41) is 0.591. The fourth-order valence-corrected chi connectivity index (χ4v) is 3.53. The maximum absolute atomic E-state index is 12.6. The Hall–Kier alpha value is -1.98. The molecule has 0 radical (unpaired) electrons. The number of hydrogen-bond donors (Lipinski definition) is 0. The first kappa shape index (κ1) is 17.8. The second kappa shape index (κ2) is 7.50. The summed E-state index contributed by atoms with van der Waals surface area (Å²) in [5.41, 5.74) is 4.43. The highest BCUT2D eigenvalue weighted by Crippen LogP contribution is 2.30. The minimum absolute atomic E-state index is 0.0618. The largest absolute Gasteiger partial charge is 0.309 e. The Balaban J connectivity index is 2.14. The predicted molar refractivity (Wildman–Crippen MR) is 104 cm³/mol. The fraction of sp³-hybridized carbons (Fsp3) is 0.263. The zero-order valence-corrected chi connectivity index (χ0v) is 15.7. The van der Waals surface area contributed by atoms with E-state index in [2.05, 4.69) is 4.99 Å². The number of anilines is 1. The van der Waals surface area contributed by atoms with Crippen LogP contribution in [0.5, 0.6) is 0 Å². The zero-order valence-electron chi connectivity index (χ0n) is 14.2. The number of carbonyl (C=O) groups excluding carboxylic acids is 1. The Labute approximate surface area is 155 Å². The molecule has 1 aliphatic heterocycles. The molecular formula is C19H19ClN2O2S. The lowest BCUT2D eigenvalue weighted by atomic mass is 9.96. The lowest BCUT2D eigenvalue weighted by molar-refractivity contribution is -0.117. The van der Waals surface area contributed by atoms with Crippen molar-refractivity contribution in [1.29, 1.82) is 0 Å². The van der Waals surface area contributed by atoms with Crippen molar-refractivity contribution < 1.29 is 9.00 Å². The van der Waals surface area contributed by atoms with Crippen LogP contribution in [0.25, 0.3) is 0 Å². The summed E-state index contributed by atoms with van der Waals surface area (Å²) in [5.74, 6) is 0.325. The van der Waals surface area contributed by atoms with Crippen LogP contribution < -0.4 is 4.90 Å². The third kappa shape index (κ3) is 3.83. The SMILES string of the molecule is Cc1ccccc1C1=NCC(=O)N(CCS(C)=O)c2ccc(Cl)cc21. The lowest BCUT2D eigenvalue weighted by Gasteiger charge is -2.23. The van der Waals surface area contributed by atoms with Crippen molar-refractivity contribution in [3.63, 3.8) is 0 Å². The first-order valence-electron chi connectivity index (χ1n) is 7.98. The standard InChI is InChI=1S/C19H19ClN2O2S/c1-13-5-3-4-6-15(13)19-16-11-14(20)7-8-17(16)22(9-10-25(2)24)18(23)12-21-19/h3-8,11H,9-10,12H2,1-2H3. The van der Waals surface area contributed by atoms with E-state index in [1.807, 2.05) is 43.3 Å². The van der Waals surface area contributed by atoms with Gasteiger partial charge < -0.3 is 4.90 Å². The number of aliphatic imine (C=N–C) groups is 1. The van der Waals surface area contributed by atoms with Crippen LogP contribution in [-0.4, -0.2) is 40.9 Å². The molecule has 0 aromatic heterocycles. The van der Waals surface area contributed by atoms with E-state index in [0.29, 0.717) is 17.3 Å². The van der Waals surface area contributed by atoms with E-state index in [4.69, 9.17) is 11.6 Å². The summed E-state index contributed by atoms with van der Waals surface area (Å²) in [6, 6.07) is 13.4. The van der Waals surface area contributed by atoms with Gasteiger partial charge in [0.05, 0.1) is 11.4 Å². The molecule has 6 heteroatoms. The third-order valence-electron chi connectivity index (χ3n) is 4.18. The second-order valence-electron chi connectivity index (χ2n) is 5.96. The van der Waals surface area contributed by atoms with E-state index in [1.54, 1.807) is 17.2 Å². The van der Waals surface area contributed by atoms with Gasteiger partial charge in [-0.15, -0.1) is 0 Å². The number of carbonyl (C=O) groups is 1. The minimum Gasteiger partial charge on any atom is -0.309 e. The Morgan fingerprint density at radius 2 is 1.96 bits per heavy atom. The fourth-order valence-electron chi connectivity index (χ4n) is 2.92. The van der Waals surface area contributed by atoms with Gasteiger partial charge in [-0.05, 0) is 30.7 Å². The average molecular weight is 375 g/mol. The van der Waals surface area contributed by atoms with E-state index in [0.717, 1.165) is 28.1 Å². The quantitative estimate of drug-likeness (QED) is 0.825. The van der Waals surface area contributed by atoms with Crippen LogP contribution in [-0.2, 0) is 15.6 Å². The van der Waals surface area contributed by atoms with E-state index >= 15 is 0 Å². The van der Waals surface area contributed by atoms with Crippen LogP contribution in [0.2, 0.25) is 5.02 Å². The van der Waals surface area contributed by atoms with E-state index < -0.39 is 10.8 Å². The van der Waals surface area contributed by atoms with Crippen LogP contribution in [0, 0.1) is 6.92 Å². The second-order valence-corrected chi connectivity index (χ2v) is 7.95. The molecule has 25 heavy (non-hydrogen) atoms. The van der Waals surface area contributed by atoms with E-state index in [-0.39, 0.29) is 12.5 Å². The van der Waals surface area contributed by atoms with Crippen LogP contribution in [0.15, 0.2) is 47.5 Å². The number of amides is 1. The van der Waals surface area contributed by atoms with Gasteiger partial charge >= 0.3 is 0 Å². The van der Waals surface area contributed by atoms with Gasteiger partial charge in [0.1, 0.15) is 6.54 Å². The van der Waals surface area contributed by atoms with E-state index in [1.165, 1.54) is 0 Å². The number of rotatable bonds is 4. The Morgan fingerprint density at radius 1 is 1.20 bits per heavy atom.